The Bertz CT molecular complexity index is 929. The lowest BCUT2D eigenvalue weighted by atomic mass is 9.79. The van der Waals surface area contributed by atoms with Gasteiger partial charge in [-0.2, -0.15) is 0 Å². The first-order valence-corrected chi connectivity index (χ1v) is 10.1. The third kappa shape index (κ3) is 3.83. The summed E-state index contributed by atoms with van der Waals surface area (Å²) in [6.45, 7) is 5.81. The van der Waals surface area contributed by atoms with E-state index in [-0.39, 0.29) is 17.4 Å². The third-order valence-electron chi connectivity index (χ3n) is 6.00. The molecule has 2 aromatic rings. The van der Waals surface area contributed by atoms with Crippen molar-refractivity contribution in [1.29, 1.82) is 0 Å². The smallest absolute Gasteiger partial charge is 0.254 e. The van der Waals surface area contributed by atoms with Gasteiger partial charge in [0.25, 0.3) is 5.91 Å². The Kier molecular flexibility index (Phi) is 5.49. The minimum absolute atomic E-state index is 0.00685. The van der Waals surface area contributed by atoms with Crippen molar-refractivity contribution < 1.29 is 14.3 Å². The minimum Gasteiger partial charge on any atom is -0.370 e. The average molecular weight is 390 g/mol. The Hall–Kier alpha value is -2.92. The molecule has 1 saturated heterocycles. The van der Waals surface area contributed by atoms with Crippen molar-refractivity contribution in [2.45, 2.75) is 31.4 Å². The van der Waals surface area contributed by atoms with Crippen LogP contribution in [0.3, 0.4) is 0 Å². The largest absolute Gasteiger partial charge is 0.370 e. The predicted molar refractivity (Wildman–Crippen MR) is 111 cm³/mol. The number of ether oxygens (including phenoxy) is 1. The van der Waals surface area contributed by atoms with Gasteiger partial charge in [0.05, 0.1) is 12.2 Å². The summed E-state index contributed by atoms with van der Waals surface area (Å²) in [6, 6.07) is 16.0. The zero-order valence-corrected chi connectivity index (χ0v) is 16.5. The molecular weight excluding hydrogens is 364 g/mol. The molecule has 2 aliphatic heterocycles. The molecule has 5 nitrogen and oxygen atoms in total. The number of carbonyl (C=O) groups is 2. The molecule has 29 heavy (non-hydrogen) atoms. The third-order valence-corrected chi connectivity index (χ3v) is 6.00. The molecule has 0 bridgehead atoms. The van der Waals surface area contributed by atoms with Crippen molar-refractivity contribution in [3.8, 4) is 0 Å². The van der Waals surface area contributed by atoms with E-state index in [0.717, 1.165) is 31.4 Å². The lowest BCUT2D eigenvalue weighted by Crippen LogP contribution is -2.48. The highest BCUT2D eigenvalue weighted by molar-refractivity contribution is 5.96. The van der Waals surface area contributed by atoms with Gasteiger partial charge < -0.3 is 15.0 Å². The van der Waals surface area contributed by atoms with E-state index in [1.165, 1.54) is 17.2 Å². The van der Waals surface area contributed by atoms with E-state index in [4.69, 9.17) is 4.74 Å². The summed E-state index contributed by atoms with van der Waals surface area (Å²) in [5.41, 5.74) is 3.82. The zero-order chi connectivity index (χ0) is 20.3. The molecule has 0 radical (unpaired) electrons. The molecule has 0 unspecified atom stereocenters. The molecule has 4 rings (SSSR count). The van der Waals surface area contributed by atoms with E-state index in [9.17, 15) is 9.59 Å². The molecule has 2 aromatic carbocycles. The molecule has 1 spiro atoms. The monoisotopic (exact) mass is 390 g/mol. The fourth-order valence-electron chi connectivity index (χ4n) is 4.41. The highest BCUT2D eigenvalue weighted by Crippen LogP contribution is 2.41. The van der Waals surface area contributed by atoms with Crippen LogP contribution in [-0.2, 0) is 28.1 Å². The van der Waals surface area contributed by atoms with E-state index in [2.05, 4.69) is 36.2 Å². The Morgan fingerprint density at radius 2 is 1.83 bits per heavy atom. The standard InChI is InChI=1S/C24H26N2O3/c1-2-22(27)25-17-19-8-3-5-9-20(19)23(28)26-14-12-24(13-15-26)21-10-6-4-7-18(21)11-16-29-24/h2-10H,1,11-17H2,(H,25,27). The van der Waals surface area contributed by atoms with E-state index in [1.807, 2.05) is 29.2 Å². The summed E-state index contributed by atoms with van der Waals surface area (Å²) in [5.74, 6) is -0.243. The quantitative estimate of drug-likeness (QED) is 0.816. The maximum atomic E-state index is 13.2. The summed E-state index contributed by atoms with van der Waals surface area (Å²) in [4.78, 5) is 26.6. The van der Waals surface area contributed by atoms with Crippen molar-refractivity contribution in [3.63, 3.8) is 0 Å². The zero-order valence-electron chi connectivity index (χ0n) is 16.5. The van der Waals surface area contributed by atoms with Crippen molar-refractivity contribution in [3.05, 3.63) is 83.4 Å². The molecule has 1 fully saturated rings. The van der Waals surface area contributed by atoms with Gasteiger partial charge in [-0.25, -0.2) is 0 Å². The van der Waals surface area contributed by atoms with Gasteiger partial charge in [0.2, 0.25) is 5.91 Å². The number of hydrogen-bond donors (Lipinski definition) is 1. The first-order chi connectivity index (χ1) is 14.1. The highest BCUT2D eigenvalue weighted by atomic mass is 16.5. The predicted octanol–water partition coefficient (Wildman–Crippen LogP) is 3.19. The summed E-state index contributed by atoms with van der Waals surface area (Å²) < 4.78 is 6.27. The van der Waals surface area contributed by atoms with Crippen LogP contribution in [0.2, 0.25) is 0 Å². The second-order valence-corrected chi connectivity index (χ2v) is 7.62. The Morgan fingerprint density at radius 3 is 2.62 bits per heavy atom. The van der Waals surface area contributed by atoms with Gasteiger partial charge in [0.15, 0.2) is 0 Å². The van der Waals surface area contributed by atoms with E-state index in [1.54, 1.807) is 0 Å². The van der Waals surface area contributed by atoms with Crippen LogP contribution in [0.5, 0.6) is 0 Å². The van der Waals surface area contributed by atoms with Crippen LogP contribution < -0.4 is 5.32 Å². The molecule has 0 aromatic heterocycles. The van der Waals surface area contributed by atoms with Gasteiger partial charge in [-0.15, -0.1) is 0 Å². The summed E-state index contributed by atoms with van der Waals surface area (Å²) in [6.07, 6.45) is 3.77. The molecule has 0 aliphatic carbocycles. The fraction of sp³-hybridized carbons (Fsp3) is 0.333. The van der Waals surface area contributed by atoms with Crippen LogP contribution in [0, 0.1) is 0 Å². The molecular formula is C24H26N2O3. The van der Waals surface area contributed by atoms with Crippen LogP contribution >= 0.6 is 0 Å². The lowest BCUT2D eigenvalue weighted by Gasteiger charge is -2.45. The van der Waals surface area contributed by atoms with Gasteiger partial charge in [-0.1, -0.05) is 49.0 Å². The Labute approximate surface area is 171 Å². The number of fused-ring (bicyclic) bond motifs is 2. The number of nitrogens with one attached hydrogen (secondary N) is 1. The summed E-state index contributed by atoms with van der Waals surface area (Å²) >= 11 is 0. The number of rotatable bonds is 4. The maximum Gasteiger partial charge on any atom is 0.254 e. The van der Waals surface area contributed by atoms with E-state index < -0.39 is 0 Å². The van der Waals surface area contributed by atoms with Crippen LogP contribution in [0.1, 0.15) is 39.9 Å². The second-order valence-electron chi connectivity index (χ2n) is 7.62. The van der Waals surface area contributed by atoms with Gasteiger partial charge in [0.1, 0.15) is 0 Å². The number of nitrogens with zero attached hydrogens (tertiary/aromatic N) is 1. The Morgan fingerprint density at radius 1 is 1.10 bits per heavy atom. The van der Waals surface area contributed by atoms with E-state index >= 15 is 0 Å². The van der Waals surface area contributed by atoms with Gasteiger partial charge >= 0.3 is 0 Å². The molecule has 2 amide bonds. The van der Waals surface area contributed by atoms with Crippen LogP contribution in [0.15, 0.2) is 61.2 Å². The fourth-order valence-corrected chi connectivity index (χ4v) is 4.41. The minimum atomic E-state index is -0.275. The molecule has 2 heterocycles. The molecule has 5 heteroatoms. The lowest BCUT2D eigenvalue weighted by molar-refractivity contribution is -0.116. The number of benzene rings is 2. The normalized spacial score (nSPS) is 17.4. The second kappa shape index (κ2) is 8.21. The topological polar surface area (TPSA) is 58.6 Å². The van der Waals surface area contributed by atoms with Gasteiger partial charge in [-0.05, 0) is 48.1 Å². The van der Waals surface area contributed by atoms with Crippen LogP contribution in [0.25, 0.3) is 0 Å². The summed E-state index contributed by atoms with van der Waals surface area (Å²) in [5, 5.41) is 2.76. The van der Waals surface area contributed by atoms with Gasteiger partial charge in [0, 0.05) is 25.2 Å². The van der Waals surface area contributed by atoms with Crippen LogP contribution in [-0.4, -0.2) is 36.4 Å². The molecule has 0 saturated carbocycles. The van der Waals surface area contributed by atoms with Crippen LogP contribution in [0.4, 0.5) is 0 Å². The highest BCUT2D eigenvalue weighted by Gasteiger charge is 2.41. The summed E-state index contributed by atoms with van der Waals surface area (Å²) in [7, 11) is 0. The van der Waals surface area contributed by atoms with Crippen molar-refractivity contribution in [1.82, 2.24) is 10.2 Å². The number of hydrogen-bond acceptors (Lipinski definition) is 3. The number of piperidine rings is 1. The van der Waals surface area contributed by atoms with Gasteiger partial charge in [-0.3, -0.25) is 9.59 Å². The van der Waals surface area contributed by atoms with Crippen molar-refractivity contribution in [2.75, 3.05) is 19.7 Å². The molecule has 2 aliphatic rings. The average Bonchev–Trinajstić information content (AvgIpc) is 2.78. The Balaban J connectivity index is 1.48. The number of amides is 2. The first kappa shape index (κ1) is 19.4. The SMILES string of the molecule is C=CC(=O)NCc1ccccc1C(=O)N1CCC2(CC1)OCCc1ccccc12. The number of carbonyl (C=O) groups excluding carboxylic acids is 2. The molecule has 0 atom stereocenters. The maximum absolute atomic E-state index is 13.2. The van der Waals surface area contributed by atoms with E-state index in [0.29, 0.717) is 25.2 Å². The first-order valence-electron chi connectivity index (χ1n) is 10.1. The number of likely N-dealkylation sites (tertiary alicyclic amines) is 1. The molecule has 150 valence electrons. The molecule has 1 N–H and O–H groups in total. The van der Waals surface area contributed by atoms with Crippen molar-refractivity contribution >= 4 is 11.8 Å². The van der Waals surface area contributed by atoms with Crippen molar-refractivity contribution in [2.24, 2.45) is 0 Å².